The SMILES string of the molecule is CCc1c([N+](=O)[O-])nc(C)n1Sc1nc(N)nc2nc[nH]c12. The summed E-state index contributed by atoms with van der Waals surface area (Å²) in [7, 11) is 0. The minimum absolute atomic E-state index is 0.0902. The molecule has 0 aliphatic carbocycles. The molecule has 22 heavy (non-hydrogen) atoms. The van der Waals surface area contributed by atoms with Gasteiger partial charge in [0.25, 0.3) is 0 Å². The van der Waals surface area contributed by atoms with Gasteiger partial charge in [-0.3, -0.25) is 0 Å². The van der Waals surface area contributed by atoms with Crippen LogP contribution in [0.2, 0.25) is 0 Å². The Balaban J connectivity index is 2.13. The maximum absolute atomic E-state index is 11.1. The molecule has 3 heterocycles. The summed E-state index contributed by atoms with van der Waals surface area (Å²) in [6.07, 6.45) is 1.96. The summed E-state index contributed by atoms with van der Waals surface area (Å²) in [5.74, 6) is 0.459. The van der Waals surface area contributed by atoms with Crippen LogP contribution in [-0.4, -0.2) is 33.8 Å². The third kappa shape index (κ3) is 2.24. The standard InChI is InChI=1S/C11H12N8O2S/c1-3-6-9(19(20)21)15-5(2)18(6)22-10-7-8(14-4-13-7)16-11(12)17-10/h4H,3H2,1-2H3,(H3,12,13,14,16,17). The van der Waals surface area contributed by atoms with E-state index in [1.54, 1.807) is 10.9 Å². The van der Waals surface area contributed by atoms with Gasteiger partial charge in [0.2, 0.25) is 11.8 Å². The molecule has 0 saturated heterocycles. The Hall–Kier alpha value is -2.69. The normalized spacial score (nSPS) is 11.2. The lowest BCUT2D eigenvalue weighted by Gasteiger charge is -2.06. The summed E-state index contributed by atoms with van der Waals surface area (Å²) in [4.78, 5) is 29.8. The Morgan fingerprint density at radius 3 is 2.91 bits per heavy atom. The first-order valence-electron chi connectivity index (χ1n) is 6.38. The predicted molar refractivity (Wildman–Crippen MR) is 80.3 cm³/mol. The van der Waals surface area contributed by atoms with Crippen LogP contribution in [0.25, 0.3) is 11.2 Å². The second-order valence-corrected chi connectivity index (χ2v) is 5.35. The zero-order chi connectivity index (χ0) is 15.9. The molecule has 0 radical (unpaired) electrons. The van der Waals surface area contributed by atoms with E-state index >= 15 is 0 Å². The molecule has 0 fully saturated rings. The minimum atomic E-state index is -0.483. The number of nitrogen functional groups attached to an aromatic ring is 1. The van der Waals surface area contributed by atoms with Crippen LogP contribution in [0.4, 0.5) is 11.8 Å². The molecule has 10 nitrogen and oxygen atoms in total. The molecule has 0 aromatic carbocycles. The first-order valence-corrected chi connectivity index (χ1v) is 7.16. The van der Waals surface area contributed by atoms with E-state index in [1.807, 2.05) is 6.92 Å². The molecule has 114 valence electrons. The molecule has 0 bridgehead atoms. The van der Waals surface area contributed by atoms with Crippen molar-refractivity contribution < 1.29 is 4.92 Å². The number of H-pyrrole nitrogens is 1. The highest BCUT2D eigenvalue weighted by atomic mass is 32.2. The molecule has 0 saturated carbocycles. The Labute approximate surface area is 128 Å². The average Bonchev–Trinajstić information content (AvgIpc) is 3.04. The lowest BCUT2D eigenvalue weighted by molar-refractivity contribution is -0.390. The Morgan fingerprint density at radius 1 is 1.45 bits per heavy atom. The Morgan fingerprint density at radius 2 is 2.23 bits per heavy atom. The molecule has 3 aromatic rings. The maximum Gasteiger partial charge on any atom is 0.386 e. The monoisotopic (exact) mass is 320 g/mol. The smallest absolute Gasteiger partial charge is 0.368 e. The van der Waals surface area contributed by atoms with Crippen molar-refractivity contribution >= 4 is 34.9 Å². The summed E-state index contributed by atoms with van der Waals surface area (Å²) < 4.78 is 1.68. The number of fused-ring (bicyclic) bond motifs is 1. The van der Waals surface area contributed by atoms with E-state index in [2.05, 4.69) is 24.9 Å². The van der Waals surface area contributed by atoms with Crippen LogP contribution < -0.4 is 5.73 Å². The number of nitrogens with one attached hydrogen (secondary N) is 1. The third-order valence-electron chi connectivity index (χ3n) is 3.02. The van der Waals surface area contributed by atoms with Crippen molar-refractivity contribution in [2.75, 3.05) is 5.73 Å². The van der Waals surface area contributed by atoms with Crippen molar-refractivity contribution in [2.45, 2.75) is 25.3 Å². The van der Waals surface area contributed by atoms with E-state index in [4.69, 9.17) is 5.73 Å². The number of imidazole rings is 2. The number of hydrogen-bond donors (Lipinski definition) is 2. The predicted octanol–water partition coefficient (Wildman–Crippen LogP) is 1.47. The molecule has 0 atom stereocenters. The van der Waals surface area contributed by atoms with Crippen LogP contribution in [-0.2, 0) is 6.42 Å². The van der Waals surface area contributed by atoms with E-state index in [-0.39, 0.29) is 11.8 Å². The van der Waals surface area contributed by atoms with Crippen molar-refractivity contribution in [1.82, 2.24) is 28.9 Å². The van der Waals surface area contributed by atoms with Gasteiger partial charge in [0.15, 0.2) is 5.65 Å². The highest BCUT2D eigenvalue weighted by Gasteiger charge is 2.25. The van der Waals surface area contributed by atoms with Crippen LogP contribution in [0.1, 0.15) is 18.4 Å². The molecule has 0 aliphatic heterocycles. The van der Waals surface area contributed by atoms with E-state index in [0.717, 1.165) is 0 Å². The zero-order valence-electron chi connectivity index (χ0n) is 11.8. The third-order valence-corrected chi connectivity index (χ3v) is 4.16. The topological polar surface area (TPSA) is 141 Å². The lowest BCUT2D eigenvalue weighted by atomic mass is 10.3. The van der Waals surface area contributed by atoms with E-state index in [0.29, 0.717) is 34.1 Å². The van der Waals surface area contributed by atoms with Crippen LogP contribution in [0, 0.1) is 17.0 Å². The summed E-state index contributed by atoms with van der Waals surface area (Å²) in [6.45, 7) is 3.54. The summed E-state index contributed by atoms with van der Waals surface area (Å²) in [5, 5.41) is 11.6. The molecule has 3 N–H and O–H groups in total. The van der Waals surface area contributed by atoms with Crippen molar-refractivity contribution in [2.24, 2.45) is 0 Å². The molecule has 0 spiro atoms. The first-order chi connectivity index (χ1) is 10.5. The highest BCUT2D eigenvalue weighted by molar-refractivity contribution is 7.98. The van der Waals surface area contributed by atoms with E-state index in [9.17, 15) is 10.1 Å². The summed E-state index contributed by atoms with van der Waals surface area (Å²) in [5.41, 5.74) is 7.26. The van der Waals surface area contributed by atoms with E-state index in [1.165, 1.54) is 18.3 Å². The van der Waals surface area contributed by atoms with Crippen molar-refractivity contribution in [3.63, 3.8) is 0 Å². The van der Waals surface area contributed by atoms with Gasteiger partial charge in [0.1, 0.15) is 16.2 Å². The number of anilines is 1. The van der Waals surface area contributed by atoms with Gasteiger partial charge in [-0.25, -0.2) is 13.9 Å². The quantitative estimate of drug-likeness (QED) is 0.418. The lowest BCUT2D eigenvalue weighted by Crippen LogP contribution is -2.02. The zero-order valence-corrected chi connectivity index (χ0v) is 12.6. The number of aromatic amines is 1. The molecule has 0 unspecified atom stereocenters. The number of nitro groups is 1. The molecular weight excluding hydrogens is 308 g/mol. The molecule has 0 amide bonds. The summed E-state index contributed by atoms with van der Waals surface area (Å²) in [6, 6.07) is 0. The molecule has 3 rings (SSSR count). The molecule has 3 aromatic heterocycles. The summed E-state index contributed by atoms with van der Waals surface area (Å²) >= 11 is 1.20. The number of hydrogen-bond acceptors (Lipinski definition) is 8. The maximum atomic E-state index is 11.1. The fourth-order valence-corrected chi connectivity index (χ4v) is 3.14. The van der Waals surface area contributed by atoms with Crippen LogP contribution in [0.3, 0.4) is 0 Å². The average molecular weight is 320 g/mol. The van der Waals surface area contributed by atoms with Crippen LogP contribution in [0.5, 0.6) is 0 Å². The van der Waals surface area contributed by atoms with Gasteiger partial charge in [-0.2, -0.15) is 4.98 Å². The second-order valence-electron chi connectivity index (χ2n) is 4.41. The minimum Gasteiger partial charge on any atom is -0.368 e. The number of rotatable bonds is 4. The van der Waals surface area contributed by atoms with Gasteiger partial charge >= 0.3 is 5.82 Å². The second kappa shape index (κ2) is 5.26. The molecular formula is C11H12N8O2S. The molecule has 0 aliphatic rings. The fraction of sp³-hybridized carbons (Fsp3) is 0.273. The van der Waals surface area contributed by atoms with Gasteiger partial charge in [-0.15, -0.1) is 0 Å². The van der Waals surface area contributed by atoms with Gasteiger partial charge in [-0.1, -0.05) is 6.92 Å². The van der Waals surface area contributed by atoms with Gasteiger partial charge < -0.3 is 20.8 Å². The number of aryl methyl sites for hydroxylation is 1. The largest absolute Gasteiger partial charge is 0.386 e. The Bertz CT molecular complexity index is 870. The van der Waals surface area contributed by atoms with Gasteiger partial charge in [0, 0.05) is 18.9 Å². The number of nitrogens with two attached hydrogens (primary N) is 1. The first kappa shape index (κ1) is 14.3. The number of aromatic nitrogens is 6. The Kier molecular flexibility index (Phi) is 3.41. The van der Waals surface area contributed by atoms with E-state index < -0.39 is 4.92 Å². The number of nitrogens with zero attached hydrogens (tertiary/aromatic N) is 6. The fourth-order valence-electron chi connectivity index (χ4n) is 2.09. The van der Waals surface area contributed by atoms with Crippen LogP contribution >= 0.6 is 11.9 Å². The highest BCUT2D eigenvalue weighted by Crippen LogP contribution is 2.31. The van der Waals surface area contributed by atoms with Gasteiger partial charge in [-0.05, 0) is 16.3 Å². The van der Waals surface area contributed by atoms with Gasteiger partial charge in [0.05, 0.1) is 6.33 Å². The van der Waals surface area contributed by atoms with Crippen molar-refractivity contribution in [1.29, 1.82) is 0 Å². The van der Waals surface area contributed by atoms with Crippen molar-refractivity contribution in [3.05, 3.63) is 28.0 Å². The van der Waals surface area contributed by atoms with Crippen LogP contribution in [0.15, 0.2) is 11.4 Å². The molecule has 11 heteroatoms. The van der Waals surface area contributed by atoms with Crippen molar-refractivity contribution in [3.8, 4) is 0 Å².